The van der Waals surface area contributed by atoms with Gasteiger partial charge in [0.15, 0.2) is 0 Å². The Hall–Kier alpha value is -1.55. The minimum atomic E-state index is -1.21. The number of rotatable bonds is 18. The summed E-state index contributed by atoms with van der Waals surface area (Å²) in [4.78, 5) is 10.6. The Balaban J connectivity index is 0.00000131. The van der Waals surface area contributed by atoms with Gasteiger partial charge in [0, 0.05) is 6.42 Å². The molecule has 0 amide bonds. The van der Waals surface area contributed by atoms with Gasteiger partial charge in [0.2, 0.25) is 0 Å². The van der Waals surface area contributed by atoms with Gasteiger partial charge in [-0.05, 0) is 43.9 Å². The minimum Gasteiger partial charge on any atom is -0.481 e. The van der Waals surface area contributed by atoms with Crippen molar-refractivity contribution in [1.29, 1.82) is 0 Å². The molecule has 0 radical (unpaired) electrons. The van der Waals surface area contributed by atoms with Gasteiger partial charge in [-0.25, -0.2) is 0 Å². The molecule has 1 aliphatic rings. The Morgan fingerprint density at radius 1 is 0.944 bits per heavy atom. The van der Waals surface area contributed by atoms with Crippen molar-refractivity contribution in [3.8, 4) is 0 Å². The fourth-order valence-corrected chi connectivity index (χ4v) is 3.98. The standard InChI is InChI=1S/C24H40O4.C4H11NO3/c1-2-3-4-5-6-7-15-21(25)16-10-8-13-20-14-9-11-17-22(20)23(26)18-12-19-24(27)28;5-4(1-6,2-7)3-8/h8-11,13,16,20-23,25-26H,2-7,12,14-15,17-19H2,1H3,(H,27,28);6-8H,1-3,5H2/b13-8+,16-10+;/t20-,21?,22+,23?;/m1./s1. The number of carbonyl (C=O) groups is 1. The molecule has 1 aliphatic carbocycles. The Morgan fingerprint density at radius 3 is 2.14 bits per heavy atom. The third-order valence-electron chi connectivity index (χ3n) is 6.52. The first-order valence-electron chi connectivity index (χ1n) is 13.4. The third-order valence-corrected chi connectivity index (χ3v) is 6.52. The van der Waals surface area contributed by atoms with E-state index in [1.165, 1.54) is 32.1 Å². The number of aliphatic carboxylic acids is 1. The highest BCUT2D eigenvalue weighted by atomic mass is 16.4. The molecule has 0 aliphatic heterocycles. The Kier molecular flexibility index (Phi) is 20.6. The van der Waals surface area contributed by atoms with Crippen LogP contribution in [0.1, 0.15) is 84.0 Å². The fraction of sp³-hybridized carbons (Fsp3) is 0.750. The lowest BCUT2D eigenvalue weighted by Crippen LogP contribution is -2.50. The second-order valence-corrected chi connectivity index (χ2v) is 9.85. The molecule has 4 atom stereocenters. The van der Waals surface area contributed by atoms with Crippen LogP contribution >= 0.6 is 0 Å². The highest BCUT2D eigenvalue weighted by molar-refractivity contribution is 5.66. The second-order valence-electron chi connectivity index (χ2n) is 9.85. The summed E-state index contributed by atoms with van der Waals surface area (Å²) in [6.07, 6.45) is 22.3. The molecule has 0 spiro atoms. The zero-order valence-corrected chi connectivity index (χ0v) is 22.0. The second kappa shape index (κ2) is 21.5. The van der Waals surface area contributed by atoms with E-state index in [9.17, 15) is 15.0 Å². The van der Waals surface area contributed by atoms with E-state index in [4.69, 9.17) is 26.2 Å². The number of aliphatic hydroxyl groups is 5. The Labute approximate surface area is 217 Å². The average molecular weight is 514 g/mol. The molecule has 0 aromatic carbocycles. The van der Waals surface area contributed by atoms with Crippen molar-refractivity contribution in [3.05, 3.63) is 36.5 Å². The number of nitrogens with two attached hydrogens (primary N) is 1. The van der Waals surface area contributed by atoms with Gasteiger partial charge in [0.05, 0.1) is 37.6 Å². The number of unbranched alkanes of at least 4 members (excludes halogenated alkanes) is 5. The van der Waals surface area contributed by atoms with Crippen LogP contribution in [0.5, 0.6) is 0 Å². The molecule has 0 saturated carbocycles. The molecule has 1 rings (SSSR count). The average Bonchev–Trinajstić information content (AvgIpc) is 2.88. The summed E-state index contributed by atoms with van der Waals surface area (Å²) in [5, 5.41) is 54.3. The summed E-state index contributed by atoms with van der Waals surface area (Å²) in [7, 11) is 0. The van der Waals surface area contributed by atoms with Crippen LogP contribution in [-0.2, 0) is 4.79 Å². The van der Waals surface area contributed by atoms with Crippen molar-refractivity contribution in [2.24, 2.45) is 17.6 Å². The van der Waals surface area contributed by atoms with Crippen LogP contribution in [0.2, 0.25) is 0 Å². The van der Waals surface area contributed by atoms with Gasteiger partial charge >= 0.3 is 5.97 Å². The molecule has 0 saturated heterocycles. The van der Waals surface area contributed by atoms with E-state index in [1.54, 1.807) is 0 Å². The maximum Gasteiger partial charge on any atom is 0.303 e. The van der Waals surface area contributed by atoms with Gasteiger partial charge in [-0.3, -0.25) is 4.79 Å². The molecule has 8 heteroatoms. The molecule has 210 valence electrons. The van der Waals surface area contributed by atoms with E-state index < -0.39 is 37.4 Å². The van der Waals surface area contributed by atoms with E-state index in [0.717, 1.165) is 25.7 Å². The van der Waals surface area contributed by atoms with Crippen LogP contribution in [0.25, 0.3) is 0 Å². The summed E-state index contributed by atoms with van der Waals surface area (Å²) >= 11 is 0. The Morgan fingerprint density at radius 2 is 1.56 bits per heavy atom. The zero-order valence-electron chi connectivity index (χ0n) is 22.0. The van der Waals surface area contributed by atoms with E-state index in [2.05, 4.69) is 25.2 Å². The van der Waals surface area contributed by atoms with Gasteiger partial charge in [0.1, 0.15) is 0 Å². The van der Waals surface area contributed by atoms with Crippen molar-refractivity contribution in [2.45, 2.75) is 102 Å². The minimum absolute atomic E-state index is 0.110. The molecule has 8 N–H and O–H groups in total. The number of carboxylic acid groups (broad SMARTS) is 1. The Bertz CT molecular complexity index is 623. The highest BCUT2D eigenvalue weighted by Gasteiger charge is 2.27. The van der Waals surface area contributed by atoms with Crippen LogP contribution in [0.15, 0.2) is 36.5 Å². The number of aliphatic hydroxyl groups excluding tert-OH is 5. The first-order chi connectivity index (χ1) is 17.2. The molecule has 0 aromatic heterocycles. The SMILES string of the molecule is CCCCCCCCC(O)/C=C/C=C/[C@@H]1CC=CC[C@@H]1C(O)CCCC(=O)O.NC(CO)(CO)CO. The van der Waals surface area contributed by atoms with Gasteiger partial charge in [0.25, 0.3) is 0 Å². The van der Waals surface area contributed by atoms with Crippen molar-refractivity contribution < 1.29 is 35.4 Å². The van der Waals surface area contributed by atoms with E-state index in [-0.39, 0.29) is 24.4 Å². The normalized spacial score (nSPS) is 19.9. The maximum absolute atomic E-state index is 10.6. The smallest absolute Gasteiger partial charge is 0.303 e. The van der Waals surface area contributed by atoms with Crippen LogP contribution in [0.3, 0.4) is 0 Å². The lowest BCUT2D eigenvalue weighted by atomic mass is 9.78. The summed E-state index contributed by atoms with van der Waals surface area (Å²) in [6.45, 7) is 1.01. The number of hydrogen-bond acceptors (Lipinski definition) is 7. The predicted molar refractivity (Wildman–Crippen MR) is 143 cm³/mol. The summed E-state index contributed by atoms with van der Waals surface area (Å²) in [5.41, 5.74) is 3.94. The molecular weight excluding hydrogens is 462 g/mol. The van der Waals surface area contributed by atoms with Crippen LogP contribution in [0, 0.1) is 11.8 Å². The first-order valence-corrected chi connectivity index (χ1v) is 13.4. The molecule has 0 bridgehead atoms. The largest absolute Gasteiger partial charge is 0.481 e. The maximum atomic E-state index is 10.6. The molecular formula is C28H51NO7. The zero-order chi connectivity index (χ0) is 27.2. The van der Waals surface area contributed by atoms with Gasteiger partial charge in [-0.1, -0.05) is 81.9 Å². The molecule has 0 aromatic rings. The summed E-state index contributed by atoms with van der Waals surface area (Å²) in [6, 6.07) is 0. The number of hydrogen-bond donors (Lipinski definition) is 7. The van der Waals surface area contributed by atoms with Crippen LogP contribution < -0.4 is 5.73 Å². The van der Waals surface area contributed by atoms with Crippen molar-refractivity contribution in [3.63, 3.8) is 0 Å². The topological polar surface area (TPSA) is 164 Å². The lowest BCUT2D eigenvalue weighted by Gasteiger charge is -2.30. The lowest BCUT2D eigenvalue weighted by molar-refractivity contribution is -0.137. The van der Waals surface area contributed by atoms with Crippen molar-refractivity contribution in [2.75, 3.05) is 19.8 Å². The van der Waals surface area contributed by atoms with Gasteiger partial charge < -0.3 is 36.4 Å². The fourth-order valence-electron chi connectivity index (χ4n) is 3.98. The highest BCUT2D eigenvalue weighted by Crippen LogP contribution is 2.31. The van der Waals surface area contributed by atoms with Crippen LogP contribution in [0.4, 0.5) is 0 Å². The van der Waals surface area contributed by atoms with E-state index in [1.807, 2.05) is 18.2 Å². The van der Waals surface area contributed by atoms with Crippen LogP contribution in [-0.4, -0.2) is 74.2 Å². The van der Waals surface area contributed by atoms with E-state index in [0.29, 0.717) is 12.8 Å². The van der Waals surface area contributed by atoms with Gasteiger partial charge in [-0.2, -0.15) is 0 Å². The molecule has 2 unspecified atom stereocenters. The monoisotopic (exact) mass is 513 g/mol. The molecule has 0 fully saturated rings. The molecule has 0 heterocycles. The van der Waals surface area contributed by atoms with Gasteiger partial charge in [-0.15, -0.1) is 0 Å². The summed E-state index contributed by atoms with van der Waals surface area (Å²) < 4.78 is 0. The number of carboxylic acids is 1. The quantitative estimate of drug-likeness (QED) is 0.0834. The first kappa shape index (κ1) is 34.5. The predicted octanol–water partition coefficient (Wildman–Crippen LogP) is 3.07. The van der Waals surface area contributed by atoms with Crippen molar-refractivity contribution in [1.82, 2.24) is 0 Å². The number of allylic oxidation sites excluding steroid dienone is 5. The molecule has 36 heavy (non-hydrogen) atoms. The van der Waals surface area contributed by atoms with E-state index >= 15 is 0 Å². The van der Waals surface area contributed by atoms with Crippen molar-refractivity contribution >= 4 is 5.97 Å². The summed E-state index contributed by atoms with van der Waals surface area (Å²) in [5.74, 6) is -0.418. The third kappa shape index (κ3) is 17.0. The molecule has 8 nitrogen and oxygen atoms in total.